The SMILES string of the molecule is Cc1ncc2c(n1)CCN(Cc1nn(C)cc1Cl)C2. The number of halogens is 1. The molecule has 0 aromatic carbocycles. The Hall–Kier alpha value is -1.46. The second-order valence-corrected chi connectivity index (χ2v) is 5.35. The van der Waals surface area contributed by atoms with Crippen LogP contribution in [0.5, 0.6) is 0 Å². The molecule has 2 aromatic rings. The number of hydrogen-bond donors (Lipinski definition) is 0. The molecule has 0 fully saturated rings. The van der Waals surface area contributed by atoms with Gasteiger partial charge in [-0.2, -0.15) is 5.10 Å². The molecule has 100 valence electrons. The van der Waals surface area contributed by atoms with Crippen molar-refractivity contribution in [1.29, 1.82) is 0 Å². The monoisotopic (exact) mass is 277 g/mol. The van der Waals surface area contributed by atoms with Crippen LogP contribution in [0.4, 0.5) is 0 Å². The zero-order chi connectivity index (χ0) is 13.4. The summed E-state index contributed by atoms with van der Waals surface area (Å²) in [6.07, 6.45) is 4.73. The lowest BCUT2D eigenvalue weighted by Gasteiger charge is -2.27. The summed E-state index contributed by atoms with van der Waals surface area (Å²) < 4.78 is 1.75. The van der Waals surface area contributed by atoms with Crippen LogP contribution in [0.1, 0.15) is 22.8 Å². The summed E-state index contributed by atoms with van der Waals surface area (Å²) in [4.78, 5) is 11.1. The summed E-state index contributed by atoms with van der Waals surface area (Å²) in [6, 6.07) is 0. The average molecular weight is 278 g/mol. The smallest absolute Gasteiger partial charge is 0.125 e. The highest BCUT2D eigenvalue weighted by Gasteiger charge is 2.19. The maximum atomic E-state index is 6.15. The fourth-order valence-electron chi connectivity index (χ4n) is 2.43. The van der Waals surface area contributed by atoms with Gasteiger partial charge in [-0.3, -0.25) is 9.58 Å². The highest BCUT2D eigenvalue weighted by Crippen LogP contribution is 2.21. The van der Waals surface area contributed by atoms with Gasteiger partial charge in [-0.15, -0.1) is 0 Å². The molecule has 0 saturated heterocycles. The van der Waals surface area contributed by atoms with E-state index in [-0.39, 0.29) is 0 Å². The molecule has 0 spiro atoms. The lowest BCUT2D eigenvalue weighted by molar-refractivity contribution is 0.239. The van der Waals surface area contributed by atoms with Gasteiger partial charge in [0, 0.05) is 56.8 Å². The van der Waals surface area contributed by atoms with E-state index in [1.165, 1.54) is 11.3 Å². The molecule has 0 atom stereocenters. The van der Waals surface area contributed by atoms with Crippen molar-refractivity contribution in [1.82, 2.24) is 24.6 Å². The zero-order valence-electron chi connectivity index (χ0n) is 11.1. The molecule has 0 radical (unpaired) electrons. The molecule has 5 nitrogen and oxygen atoms in total. The van der Waals surface area contributed by atoms with Gasteiger partial charge in [0.2, 0.25) is 0 Å². The van der Waals surface area contributed by atoms with E-state index in [2.05, 4.69) is 20.0 Å². The maximum absolute atomic E-state index is 6.15. The van der Waals surface area contributed by atoms with Crippen molar-refractivity contribution >= 4 is 11.6 Å². The minimum Gasteiger partial charge on any atom is -0.293 e. The Balaban J connectivity index is 1.75. The molecule has 2 aromatic heterocycles. The second-order valence-electron chi connectivity index (χ2n) is 4.95. The molecule has 1 aliphatic rings. The van der Waals surface area contributed by atoms with E-state index < -0.39 is 0 Å². The van der Waals surface area contributed by atoms with E-state index in [0.717, 1.165) is 42.6 Å². The van der Waals surface area contributed by atoms with Crippen LogP contribution in [-0.2, 0) is 26.6 Å². The van der Waals surface area contributed by atoms with Crippen LogP contribution in [-0.4, -0.2) is 31.2 Å². The van der Waals surface area contributed by atoms with Crippen LogP contribution in [0.2, 0.25) is 5.02 Å². The fourth-order valence-corrected chi connectivity index (χ4v) is 2.67. The number of aromatic nitrogens is 4. The Kier molecular flexibility index (Phi) is 3.24. The standard InChI is InChI=1S/C13H16ClN5/c1-9-15-5-10-6-19(4-3-12(10)16-9)8-13-11(14)7-18(2)17-13/h5,7H,3-4,6,8H2,1-2H3. The van der Waals surface area contributed by atoms with E-state index in [4.69, 9.17) is 11.6 Å². The van der Waals surface area contributed by atoms with Crippen LogP contribution >= 0.6 is 11.6 Å². The summed E-state index contributed by atoms with van der Waals surface area (Å²) in [6.45, 7) is 4.55. The molecule has 0 aliphatic carbocycles. The zero-order valence-corrected chi connectivity index (χ0v) is 11.9. The van der Waals surface area contributed by atoms with Crippen molar-refractivity contribution in [3.63, 3.8) is 0 Å². The molecule has 19 heavy (non-hydrogen) atoms. The number of aryl methyl sites for hydroxylation is 2. The molecule has 0 saturated carbocycles. The van der Waals surface area contributed by atoms with Crippen molar-refractivity contribution < 1.29 is 0 Å². The minimum atomic E-state index is 0.730. The van der Waals surface area contributed by atoms with E-state index in [0.29, 0.717) is 0 Å². The maximum Gasteiger partial charge on any atom is 0.125 e. The molecule has 0 N–H and O–H groups in total. The van der Waals surface area contributed by atoms with Gasteiger partial charge in [0.05, 0.1) is 10.7 Å². The highest BCUT2D eigenvalue weighted by molar-refractivity contribution is 6.31. The van der Waals surface area contributed by atoms with Crippen molar-refractivity contribution in [3.05, 3.63) is 40.2 Å². The Morgan fingerprint density at radius 2 is 2.26 bits per heavy atom. The summed E-state index contributed by atoms with van der Waals surface area (Å²) in [5, 5.41) is 5.12. The third-order valence-corrected chi connectivity index (χ3v) is 3.68. The van der Waals surface area contributed by atoms with Crippen LogP contribution in [0.3, 0.4) is 0 Å². The molecule has 0 bridgehead atoms. The fraction of sp³-hybridized carbons (Fsp3) is 0.462. The molecule has 3 rings (SSSR count). The van der Waals surface area contributed by atoms with Crippen molar-refractivity contribution in [2.24, 2.45) is 7.05 Å². The molecule has 3 heterocycles. The normalized spacial score (nSPS) is 15.5. The Bertz CT molecular complexity index is 607. The van der Waals surface area contributed by atoms with Crippen LogP contribution in [0, 0.1) is 6.92 Å². The largest absolute Gasteiger partial charge is 0.293 e. The van der Waals surface area contributed by atoms with Gasteiger partial charge in [-0.1, -0.05) is 11.6 Å². The van der Waals surface area contributed by atoms with Crippen molar-refractivity contribution in [2.45, 2.75) is 26.4 Å². The van der Waals surface area contributed by atoms with Gasteiger partial charge in [-0.25, -0.2) is 9.97 Å². The summed E-state index contributed by atoms with van der Waals surface area (Å²) in [7, 11) is 1.89. The lowest BCUT2D eigenvalue weighted by atomic mass is 10.1. The summed E-state index contributed by atoms with van der Waals surface area (Å²) in [5.74, 6) is 0.847. The predicted molar refractivity (Wildman–Crippen MR) is 72.8 cm³/mol. The first-order valence-corrected chi connectivity index (χ1v) is 6.71. The number of nitrogens with zero attached hydrogens (tertiary/aromatic N) is 5. The second kappa shape index (κ2) is 4.90. The topological polar surface area (TPSA) is 46.8 Å². The van der Waals surface area contributed by atoms with Gasteiger partial charge >= 0.3 is 0 Å². The molecular formula is C13H16ClN5. The minimum absolute atomic E-state index is 0.730. The number of fused-ring (bicyclic) bond motifs is 1. The van der Waals surface area contributed by atoms with Gasteiger partial charge < -0.3 is 0 Å². The molecule has 0 unspecified atom stereocenters. The van der Waals surface area contributed by atoms with Crippen LogP contribution in [0.15, 0.2) is 12.4 Å². The number of hydrogen-bond acceptors (Lipinski definition) is 4. The Morgan fingerprint density at radius 1 is 1.42 bits per heavy atom. The van der Waals surface area contributed by atoms with Gasteiger partial charge in [-0.05, 0) is 6.92 Å². The predicted octanol–water partition coefficient (Wildman–Crippen LogP) is 1.73. The highest BCUT2D eigenvalue weighted by atomic mass is 35.5. The van der Waals surface area contributed by atoms with Crippen LogP contribution in [0.25, 0.3) is 0 Å². The molecule has 0 amide bonds. The van der Waals surface area contributed by atoms with E-state index in [1.807, 2.05) is 26.4 Å². The Morgan fingerprint density at radius 3 is 3.00 bits per heavy atom. The summed E-state index contributed by atoms with van der Waals surface area (Å²) >= 11 is 6.15. The Labute approximate surface area is 117 Å². The third kappa shape index (κ3) is 2.62. The van der Waals surface area contributed by atoms with Crippen LogP contribution < -0.4 is 0 Å². The van der Waals surface area contributed by atoms with E-state index >= 15 is 0 Å². The number of rotatable bonds is 2. The van der Waals surface area contributed by atoms with Crippen molar-refractivity contribution in [2.75, 3.05) is 6.54 Å². The molecular weight excluding hydrogens is 262 g/mol. The van der Waals surface area contributed by atoms with Gasteiger partial charge in [0.15, 0.2) is 0 Å². The van der Waals surface area contributed by atoms with Crippen molar-refractivity contribution in [3.8, 4) is 0 Å². The first-order valence-electron chi connectivity index (χ1n) is 6.33. The average Bonchev–Trinajstić information content (AvgIpc) is 2.68. The van der Waals surface area contributed by atoms with E-state index in [9.17, 15) is 0 Å². The summed E-state index contributed by atoms with van der Waals surface area (Å²) in [5.41, 5.74) is 3.32. The molecule has 1 aliphatic heterocycles. The lowest BCUT2D eigenvalue weighted by Crippen LogP contribution is -2.31. The van der Waals surface area contributed by atoms with Gasteiger partial charge in [0.1, 0.15) is 5.82 Å². The van der Waals surface area contributed by atoms with Gasteiger partial charge in [0.25, 0.3) is 0 Å². The first kappa shape index (κ1) is 12.6. The first-order chi connectivity index (χ1) is 9.11. The molecule has 6 heteroatoms. The quantitative estimate of drug-likeness (QED) is 0.839. The third-order valence-electron chi connectivity index (χ3n) is 3.36. The van der Waals surface area contributed by atoms with E-state index in [1.54, 1.807) is 4.68 Å².